The fourth-order valence-corrected chi connectivity index (χ4v) is 1.74. The number of hydrogen-bond donors (Lipinski definition) is 2. The van der Waals surface area contributed by atoms with Crippen LogP contribution in [-0.4, -0.2) is 29.7 Å². The fraction of sp³-hybridized carbons (Fsp3) is 0.429. The zero-order valence-electron chi connectivity index (χ0n) is 11.5. The Morgan fingerprint density at radius 3 is 2.27 bits per heavy atom. The third-order valence-electron chi connectivity index (χ3n) is 2.84. The molecule has 1 fully saturated rings. The molecule has 0 saturated heterocycles. The summed E-state index contributed by atoms with van der Waals surface area (Å²) in [5, 5.41) is 10.8. The zero-order chi connectivity index (χ0) is 16.8. The van der Waals surface area contributed by atoms with E-state index in [-0.39, 0.29) is 11.8 Å². The molecule has 0 spiro atoms. The van der Waals surface area contributed by atoms with Gasteiger partial charge in [-0.25, -0.2) is 4.79 Å². The SMILES string of the molecule is O=C(NCCc1ccccc1Cl)C1CC1.O=C(O)C(F)(F)F. The molecule has 122 valence electrons. The van der Waals surface area contributed by atoms with Gasteiger partial charge in [0.25, 0.3) is 0 Å². The van der Waals surface area contributed by atoms with E-state index >= 15 is 0 Å². The average Bonchev–Trinajstić information content (AvgIpc) is 3.25. The van der Waals surface area contributed by atoms with E-state index in [2.05, 4.69) is 5.32 Å². The van der Waals surface area contributed by atoms with Gasteiger partial charge in [0.1, 0.15) is 0 Å². The maximum Gasteiger partial charge on any atom is 0.490 e. The molecule has 2 rings (SSSR count). The minimum Gasteiger partial charge on any atom is -0.475 e. The van der Waals surface area contributed by atoms with Crippen LogP contribution < -0.4 is 5.32 Å². The van der Waals surface area contributed by atoms with Crippen LogP contribution in [0.1, 0.15) is 18.4 Å². The Hall–Kier alpha value is -1.76. The van der Waals surface area contributed by atoms with Gasteiger partial charge >= 0.3 is 12.1 Å². The quantitative estimate of drug-likeness (QED) is 0.887. The summed E-state index contributed by atoms with van der Waals surface area (Å²) in [7, 11) is 0. The summed E-state index contributed by atoms with van der Waals surface area (Å²) < 4.78 is 31.7. The lowest BCUT2D eigenvalue weighted by atomic mass is 10.1. The molecule has 0 aromatic heterocycles. The summed E-state index contributed by atoms with van der Waals surface area (Å²) in [5.74, 6) is -2.27. The molecule has 4 nitrogen and oxygen atoms in total. The molecular weight excluding hydrogens is 323 g/mol. The molecule has 22 heavy (non-hydrogen) atoms. The van der Waals surface area contributed by atoms with E-state index in [1.54, 1.807) is 0 Å². The Bertz CT molecular complexity index is 530. The van der Waals surface area contributed by atoms with Crippen LogP contribution in [0.15, 0.2) is 24.3 Å². The smallest absolute Gasteiger partial charge is 0.475 e. The maximum absolute atomic E-state index is 11.3. The van der Waals surface area contributed by atoms with Crippen LogP contribution in [0.25, 0.3) is 0 Å². The molecule has 0 aliphatic heterocycles. The number of aliphatic carboxylic acids is 1. The highest BCUT2D eigenvalue weighted by molar-refractivity contribution is 6.31. The lowest BCUT2D eigenvalue weighted by Gasteiger charge is -2.05. The van der Waals surface area contributed by atoms with Gasteiger partial charge in [-0.2, -0.15) is 13.2 Å². The fourth-order valence-electron chi connectivity index (χ4n) is 1.51. The van der Waals surface area contributed by atoms with Crippen LogP contribution in [-0.2, 0) is 16.0 Å². The van der Waals surface area contributed by atoms with Crippen molar-refractivity contribution < 1.29 is 27.9 Å². The third kappa shape index (κ3) is 6.80. The van der Waals surface area contributed by atoms with E-state index in [1.165, 1.54) is 0 Å². The second kappa shape index (κ2) is 8.03. The number of benzene rings is 1. The lowest BCUT2D eigenvalue weighted by Crippen LogP contribution is -2.26. The van der Waals surface area contributed by atoms with Gasteiger partial charge < -0.3 is 10.4 Å². The summed E-state index contributed by atoms with van der Waals surface area (Å²) >= 11 is 6.00. The van der Waals surface area contributed by atoms with Crippen molar-refractivity contribution in [1.82, 2.24) is 5.32 Å². The molecule has 1 aliphatic carbocycles. The Morgan fingerprint density at radius 1 is 1.27 bits per heavy atom. The Balaban J connectivity index is 0.000000295. The number of amides is 1. The van der Waals surface area contributed by atoms with Crippen molar-refractivity contribution in [3.8, 4) is 0 Å². The van der Waals surface area contributed by atoms with E-state index in [0.717, 1.165) is 29.8 Å². The Kier molecular flexibility index (Phi) is 6.67. The van der Waals surface area contributed by atoms with Gasteiger partial charge in [0, 0.05) is 17.5 Å². The number of carbonyl (C=O) groups is 2. The van der Waals surface area contributed by atoms with Crippen LogP contribution in [0.5, 0.6) is 0 Å². The van der Waals surface area contributed by atoms with Gasteiger partial charge in [-0.1, -0.05) is 29.8 Å². The lowest BCUT2D eigenvalue weighted by molar-refractivity contribution is -0.192. The van der Waals surface area contributed by atoms with Crippen LogP contribution in [0.2, 0.25) is 5.02 Å². The first-order valence-corrected chi connectivity index (χ1v) is 6.91. The van der Waals surface area contributed by atoms with E-state index in [4.69, 9.17) is 21.5 Å². The number of alkyl halides is 3. The Labute approximate surface area is 130 Å². The van der Waals surface area contributed by atoms with E-state index < -0.39 is 12.1 Å². The van der Waals surface area contributed by atoms with Crippen molar-refractivity contribution in [2.45, 2.75) is 25.4 Å². The van der Waals surface area contributed by atoms with Crippen molar-refractivity contribution >= 4 is 23.5 Å². The third-order valence-corrected chi connectivity index (χ3v) is 3.21. The number of nitrogens with one attached hydrogen (secondary N) is 1. The van der Waals surface area contributed by atoms with Gasteiger partial charge in [-0.05, 0) is 30.9 Å². The predicted octanol–water partition coefficient (Wildman–Crippen LogP) is 3.04. The van der Waals surface area contributed by atoms with Gasteiger partial charge in [0.05, 0.1) is 0 Å². The van der Waals surface area contributed by atoms with Gasteiger partial charge in [-0.3, -0.25) is 4.79 Å². The molecule has 8 heteroatoms. The van der Waals surface area contributed by atoms with Gasteiger partial charge in [0.2, 0.25) is 5.91 Å². The van der Waals surface area contributed by atoms with Crippen molar-refractivity contribution in [3.63, 3.8) is 0 Å². The minimum absolute atomic E-state index is 0.196. The molecule has 0 bridgehead atoms. The molecule has 1 aromatic carbocycles. The molecule has 1 aliphatic rings. The molecule has 0 unspecified atom stereocenters. The first kappa shape index (κ1) is 18.3. The first-order chi connectivity index (χ1) is 10.2. The first-order valence-electron chi connectivity index (χ1n) is 6.53. The number of halogens is 4. The van der Waals surface area contributed by atoms with E-state index in [1.807, 2.05) is 24.3 Å². The number of carbonyl (C=O) groups excluding carboxylic acids is 1. The highest BCUT2D eigenvalue weighted by atomic mass is 35.5. The van der Waals surface area contributed by atoms with Crippen LogP contribution in [0.4, 0.5) is 13.2 Å². The summed E-state index contributed by atoms with van der Waals surface area (Å²) in [4.78, 5) is 20.2. The van der Waals surface area contributed by atoms with Crippen molar-refractivity contribution in [2.75, 3.05) is 6.54 Å². The molecule has 0 heterocycles. The highest BCUT2D eigenvalue weighted by Gasteiger charge is 2.38. The number of carboxylic acid groups (broad SMARTS) is 1. The summed E-state index contributed by atoms with van der Waals surface area (Å²) in [6, 6.07) is 7.74. The van der Waals surface area contributed by atoms with Crippen molar-refractivity contribution in [3.05, 3.63) is 34.9 Å². The molecule has 0 atom stereocenters. The van der Waals surface area contributed by atoms with Crippen LogP contribution in [0, 0.1) is 5.92 Å². The number of hydrogen-bond acceptors (Lipinski definition) is 2. The molecule has 1 saturated carbocycles. The monoisotopic (exact) mass is 337 g/mol. The van der Waals surface area contributed by atoms with Crippen LogP contribution >= 0.6 is 11.6 Å². The predicted molar refractivity (Wildman–Crippen MR) is 74.6 cm³/mol. The summed E-state index contributed by atoms with van der Waals surface area (Å²) in [5.41, 5.74) is 1.09. The maximum atomic E-state index is 11.3. The second-order valence-electron chi connectivity index (χ2n) is 4.71. The zero-order valence-corrected chi connectivity index (χ0v) is 12.2. The highest BCUT2D eigenvalue weighted by Crippen LogP contribution is 2.28. The second-order valence-corrected chi connectivity index (χ2v) is 5.12. The molecule has 2 N–H and O–H groups in total. The Morgan fingerprint density at radius 2 is 1.82 bits per heavy atom. The largest absolute Gasteiger partial charge is 0.490 e. The standard InChI is InChI=1S/C12H14ClNO.C2HF3O2/c13-11-4-2-1-3-9(11)7-8-14-12(15)10-5-6-10;3-2(4,5)1(6)7/h1-4,10H,5-8H2,(H,14,15);(H,6,7). The summed E-state index contributed by atoms with van der Waals surface area (Å²) in [6.45, 7) is 0.680. The topological polar surface area (TPSA) is 66.4 Å². The molecule has 1 aromatic rings. The number of carboxylic acids is 1. The van der Waals surface area contributed by atoms with Gasteiger partial charge in [0.15, 0.2) is 0 Å². The van der Waals surface area contributed by atoms with Crippen molar-refractivity contribution in [1.29, 1.82) is 0 Å². The number of rotatable bonds is 4. The molecule has 1 amide bonds. The van der Waals surface area contributed by atoms with E-state index in [0.29, 0.717) is 6.54 Å². The average molecular weight is 338 g/mol. The minimum atomic E-state index is -5.08. The normalized spacial score (nSPS) is 13.8. The van der Waals surface area contributed by atoms with E-state index in [9.17, 15) is 18.0 Å². The van der Waals surface area contributed by atoms with Crippen LogP contribution in [0.3, 0.4) is 0 Å². The summed E-state index contributed by atoms with van der Waals surface area (Å²) in [6.07, 6.45) is -2.17. The van der Waals surface area contributed by atoms with Gasteiger partial charge in [-0.15, -0.1) is 0 Å². The van der Waals surface area contributed by atoms with Crippen molar-refractivity contribution in [2.24, 2.45) is 5.92 Å². The molecular formula is C14H15ClF3NO3. The molecule has 0 radical (unpaired) electrons.